The maximum Gasteiger partial charge on any atom is 0.354 e. The second kappa shape index (κ2) is 5.71. The molecular formula is C14H13ClN2O2. The fourth-order valence-electron chi connectivity index (χ4n) is 1.76. The van der Waals surface area contributed by atoms with Crippen LogP contribution in [0.15, 0.2) is 42.6 Å². The first-order valence-electron chi connectivity index (χ1n) is 5.78. The summed E-state index contributed by atoms with van der Waals surface area (Å²) in [5, 5.41) is 12.7. The highest BCUT2D eigenvalue weighted by Gasteiger charge is 2.09. The fraction of sp³-hybridized carbons (Fsp3) is 0.143. The molecule has 0 saturated heterocycles. The van der Waals surface area contributed by atoms with Crippen molar-refractivity contribution in [1.29, 1.82) is 0 Å². The number of halogens is 1. The Morgan fingerprint density at radius 3 is 2.63 bits per heavy atom. The molecule has 2 aromatic rings. The van der Waals surface area contributed by atoms with Crippen molar-refractivity contribution in [2.24, 2.45) is 0 Å². The number of carboxylic acids is 1. The van der Waals surface area contributed by atoms with E-state index in [1.165, 1.54) is 12.3 Å². The summed E-state index contributed by atoms with van der Waals surface area (Å²) in [4.78, 5) is 14.6. The van der Waals surface area contributed by atoms with Crippen LogP contribution in [0.5, 0.6) is 0 Å². The van der Waals surface area contributed by atoms with E-state index in [-0.39, 0.29) is 11.7 Å². The van der Waals surface area contributed by atoms with E-state index in [9.17, 15) is 4.79 Å². The number of aromatic carboxylic acids is 1. The van der Waals surface area contributed by atoms with Crippen molar-refractivity contribution in [2.75, 3.05) is 5.32 Å². The number of pyridine rings is 1. The van der Waals surface area contributed by atoms with Gasteiger partial charge in [-0.1, -0.05) is 29.8 Å². The highest BCUT2D eigenvalue weighted by molar-refractivity contribution is 6.31. The third-order valence-corrected chi connectivity index (χ3v) is 3.08. The number of nitrogens with one attached hydrogen (secondary N) is 1. The zero-order chi connectivity index (χ0) is 13.8. The number of rotatable bonds is 4. The van der Waals surface area contributed by atoms with Crippen LogP contribution in [0.4, 0.5) is 5.69 Å². The molecule has 1 heterocycles. The van der Waals surface area contributed by atoms with Gasteiger partial charge in [0.1, 0.15) is 5.69 Å². The van der Waals surface area contributed by atoms with Crippen molar-refractivity contribution >= 4 is 23.3 Å². The van der Waals surface area contributed by atoms with Crippen LogP contribution >= 0.6 is 11.6 Å². The van der Waals surface area contributed by atoms with Crippen LogP contribution in [0.1, 0.15) is 29.0 Å². The SMILES string of the molecule is CC(Nc1ccc(C(=O)O)nc1)c1ccccc1Cl. The molecule has 2 rings (SSSR count). The van der Waals surface area contributed by atoms with Crippen LogP contribution in [-0.2, 0) is 0 Å². The van der Waals surface area contributed by atoms with E-state index in [1.54, 1.807) is 6.07 Å². The zero-order valence-corrected chi connectivity index (χ0v) is 11.1. The lowest BCUT2D eigenvalue weighted by Gasteiger charge is -2.16. The second-order valence-electron chi connectivity index (χ2n) is 4.12. The minimum absolute atomic E-state index is 0.00572. The van der Waals surface area contributed by atoms with Crippen molar-refractivity contribution in [1.82, 2.24) is 4.98 Å². The summed E-state index contributed by atoms with van der Waals surface area (Å²) >= 11 is 6.12. The summed E-state index contributed by atoms with van der Waals surface area (Å²) in [6.45, 7) is 1.98. The van der Waals surface area contributed by atoms with E-state index < -0.39 is 5.97 Å². The summed E-state index contributed by atoms with van der Waals surface area (Å²) in [7, 11) is 0. The maximum atomic E-state index is 10.7. The first-order valence-corrected chi connectivity index (χ1v) is 6.16. The molecule has 1 aromatic carbocycles. The summed E-state index contributed by atoms with van der Waals surface area (Å²) in [5.74, 6) is -1.04. The van der Waals surface area contributed by atoms with E-state index in [2.05, 4.69) is 10.3 Å². The molecule has 0 radical (unpaired) electrons. The van der Waals surface area contributed by atoms with Gasteiger partial charge in [-0.25, -0.2) is 9.78 Å². The molecule has 0 bridgehead atoms. The molecule has 0 aliphatic carbocycles. The first-order chi connectivity index (χ1) is 9.08. The smallest absolute Gasteiger partial charge is 0.354 e. The highest BCUT2D eigenvalue weighted by Crippen LogP contribution is 2.25. The lowest BCUT2D eigenvalue weighted by Crippen LogP contribution is -2.08. The van der Waals surface area contributed by atoms with Crippen molar-refractivity contribution in [3.05, 3.63) is 58.9 Å². The van der Waals surface area contributed by atoms with Crippen molar-refractivity contribution < 1.29 is 9.90 Å². The number of hydrogen-bond donors (Lipinski definition) is 2. The lowest BCUT2D eigenvalue weighted by molar-refractivity contribution is 0.0690. The molecule has 0 aliphatic rings. The number of carboxylic acid groups (broad SMARTS) is 1. The van der Waals surface area contributed by atoms with Gasteiger partial charge >= 0.3 is 5.97 Å². The zero-order valence-electron chi connectivity index (χ0n) is 10.3. The first kappa shape index (κ1) is 13.4. The van der Waals surface area contributed by atoms with Crippen LogP contribution in [0.2, 0.25) is 5.02 Å². The third-order valence-electron chi connectivity index (χ3n) is 2.74. The van der Waals surface area contributed by atoms with Gasteiger partial charge in [0.15, 0.2) is 0 Å². The van der Waals surface area contributed by atoms with E-state index in [4.69, 9.17) is 16.7 Å². The summed E-state index contributed by atoms with van der Waals surface area (Å²) in [6.07, 6.45) is 1.50. The molecule has 2 N–H and O–H groups in total. The van der Waals surface area contributed by atoms with E-state index in [1.807, 2.05) is 31.2 Å². The maximum absolute atomic E-state index is 10.7. The number of hydrogen-bond acceptors (Lipinski definition) is 3. The Morgan fingerprint density at radius 2 is 2.05 bits per heavy atom. The molecule has 4 nitrogen and oxygen atoms in total. The monoisotopic (exact) mass is 276 g/mol. The Balaban J connectivity index is 2.13. The molecule has 1 atom stereocenters. The van der Waals surface area contributed by atoms with Gasteiger partial charge in [0.25, 0.3) is 0 Å². The van der Waals surface area contributed by atoms with Gasteiger partial charge in [-0.05, 0) is 30.7 Å². The molecule has 98 valence electrons. The van der Waals surface area contributed by atoms with Gasteiger partial charge in [-0.15, -0.1) is 0 Å². The standard InChI is InChI=1S/C14H13ClN2O2/c1-9(11-4-2-3-5-12(11)15)17-10-6-7-13(14(18)19)16-8-10/h2-9,17H,1H3,(H,18,19). The Labute approximate surface area is 116 Å². The molecule has 0 aliphatic heterocycles. The van der Waals surface area contributed by atoms with Gasteiger partial charge < -0.3 is 10.4 Å². The van der Waals surface area contributed by atoms with E-state index in [0.29, 0.717) is 5.02 Å². The minimum atomic E-state index is -1.04. The predicted molar refractivity (Wildman–Crippen MR) is 74.7 cm³/mol. The quantitative estimate of drug-likeness (QED) is 0.895. The molecule has 1 aromatic heterocycles. The summed E-state index contributed by atoms with van der Waals surface area (Å²) in [5.41, 5.74) is 1.75. The second-order valence-corrected chi connectivity index (χ2v) is 4.53. The van der Waals surface area contributed by atoms with Gasteiger partial charge in [0.2, 0.25) is 0 Å². The van der Waals surface area contributed by atoms with Crippen LogP contribution in [-0.4, -0.2) is 16.1 Å². The van der Waals surface area contributed by atoms with Crippen molar-refractivity contribution in [3.8, 4) is 0 Å². The topological polar surface area (TPSA) is 62.2 Å². The lowest BCUT2D eigenvalue weighted by atomic mass is 10.1. The van der Waals surface area contributed by atoms with Crippen LogP contribution < -0.4 is 5.32 Å². The van der Waals surface area contributed by atoms with Gasteiger partial charge in [0.05, 0.1) is 17.9 Å². The van der Waals surface area contributed by atoms with Crippen LogP contribution in [0.3, 0.4) is 0 Å². The number of anilines is 1. The Bertz CT molecular complexity index is 584. The van der Waals surface area contributed by atoms with Crippen LogP contribution in [0, 0.1) is 0 Å². The number of nitrogens with zero attached hydrogens (tertiary/aromatic N) is 1. The summed E-state index contributed by atoms with van der Waals surface area (Å²) in [6, 6.07) is 10.7. The normalized spacial score (nSPS) is 11.9. The molecule has 19 heavy (non-hydrogen) atoms. The van der Waals surface area contributed by atoms with E-state index in [0.717, 1.165) is 11.3 Å². The third kappa shape index (κ3) is 3.23. The molecule has 0 fully saturated rings. The minimum Gasteiger partial charge on any atom is -0.477 e. The largest absolute Gasteiger partial charge is 0.477 e. The Kier molecular flexibility index (Phi) is 4.02. The Morgan fingerprint density at radius 1 is 1.32 bits per heavy atom. The average Bonchev–Trinajstić information content (AvgIpc) is 2.39. The molecule has 0 saturated carbocycles. The van der Waals surface area contributed by atoms with Crippen LogP contribution in [0.25, 0.3) is 0 Å². The molecular weight excluding hydrogens is 264 g/mol. The number of carbonyl (C=O) groups is 1. The number of aromatic nitrogens is 1. The molecule has 0 spiro atoms. The van der Waals surface area contributed by atoms with Crippen molar-refractivity contribution in [3.63, 3.8) is 0 Å². The van der Waals surface area contributed by atoms with Crippen molar-refractivity contribution in [2.45, 2.75) is 13.0 Å². The molecule has 1 unspecified atom stereocenters. The molecule has 5 heteroatoms. The fourth-order valence-corrected chi connectivity index (χ4v) is 2.06. The Hall–Kier alpha value is -2.07. The van der Waals surface area contributed by atoms with Gasteiger partial charge in [-0.3, -0.25) is 0 Å². The number of benzene rings is 1. The summed E-state index contributed by atoms with van der Waals surface area (Å²) < 4.78 is 0. The van der Waals surface area contributed by atoms with Gasteiger partial charge in [0, 0.05) is 5.02 Å². The average molecular weight is 277 g/mol. The highest BCUT2D eigenvalue weighted by atomic mass is 35.5. The predicted octanol–water partition coefficient (Wildman–Crippen LogP) is 3.61. The van der Waals surface area contributed by atoms with E-state index >= 15 is 0 Å². The van der Waals surface area contributed by atoms with Gasteiger partial charge in [-0.2, -0.15) is 0 Å². The molecule has 0 amide bonds.